The summed E-state index contributed by atoms with van der Waals surface area (Å²) >= 11 is 0. The summed E-state index contributed by atoms with van der Waals surface area (Å²) in [6.45, 7) is 32.5. The number of hydrogen-bond acceptors (Lipinski definition) is 3. The number of ether oxygens (including phenoxy) is 1. The molecule has 3 aliphatic heterocycles. The topological polar surface area (TPSA) is 15.7 Å². The van der Waals surface area contributed by atoms with Crippen molar-refractivity contribution in [2.45, 2.75) is 124 Å². The third-order valence-corrected chi connectivity index (χ3v) is 13.8. The molecular formula is C55H59BN2O. The summed E-state index contributed by atoms with van der Waals surface area (Å²) in [6, 6.07) is 40.4. The molecule has 3 nitrogen and oxygen atoms in total. The lowest BCUT2D eigenvalue weighted by atomic mass is 9.42. The lowest BCUT2D eigenvalue weighted by molar-refractivity contribution is 0.470. The van der Waals surface area contributed by atoms with E-state index >= 15 is 0 Å². The molecule has 298 valence electrons. The molecule has 0 atom stereocenters. The third-order valence-electron chi connectivity index (χ3n) is 13.8. The maximum atomic E-state index is 7.16. The van der Waals surface area contributed by atoms with E-state index < -0.39 is 0 Å². The molecule has 0 amide bonds. The SMILES string of the molecule is CC(C)(C)c1ccc(N2c3cc4c(cc3B3c5c(cc(C(C)(C)C)cc52)-c2cc(C(C)(C)C)cc5c2N3c2ccc(C(C)(C)C)cc2O5)C(C)(C)c2ccccc2-4)cc1. The first-order chi connectivity index (χ1) is 27.5. The standard InChI is InChI=1S/C55H59BN2O/c1-51(2,3)32-19-22-36(23-20-32)57-45-30-38-37-17-15-16-18-41(37)55(13,14)42(38)31-43(45)56-49-39(25-34(27-46(49)57)53(7,8)9)40-26-35(54(10,11)12)29-48-50(40)58(56)44-24-21-33(52(4,5)6)28-47(44)59-48/h15-31H,1-14H3. The quantitative estimate of drug-likeness (QED) is 0.155. The molecule has 1 aliphatic carbocycles. The predicted molar refractivity (Wildman–Crippen MR) is 253 cm³/mol. The van der Waals surface area contributed by atoms with E-state index in [9.17, 15) is 0 Å². The summed E-state index contributed by atoms with van der Waals surface area (Å²) < 4.78 is 7.16. The summed E-state index contributed by atoms with van der Waals surface area (Å²) in [5.74, 6) is 1.86. The first-order valence-electron chi connectivity index (χ1n) is 21.7. The van der Waals surface area contributed by atoms with Crippen molar-refractivity contribution in [1.29, 1.82) is 0 Å². The van der Waals surface area contributed by atoms with Gasteiger partial charge in [0.15, 0.2) is 5.75 Å². The van der Waals surface area contributed by atoms with Gasteiger partial charge in [0.05, 0.1) is 11.4 Å². The van der Waals surface area contributed by atoms with E-state index in [1.54, 1.807) is 0 Å². The molecule has 0 spiro atoms. The van der Waals surface area contributed by atoms with E-state index in [1.807, 2.05) is 0 Å². The van der Waals surface area contributed by atoms with Crippen molar-refractivity contribution in [3.8, 4) is 33.8 Å². The molecule has 0 N–H and O–H groups in total. The Morgan fingerprint density at radius 3 is 1.73 bits per heavy atom. The number of fused-ring (bicyclic) bond motifs is 9. The van der Waals surface area contributed by atoms with Gasteiger partial charge in [0, 0.05) is 28.0 Å². The zero-order chi connectivity index (χ0) is 41.9. The fourth-order valence-electron chi connectivity index (χ4n) is 10.2. The Labute approximate surface area is 353 Å². The number of hydrogen-bond donors (Lipinski definition) is 0. The first kappa shape index (κ1) is 38.0. The molecule has 10 rings (SSSR count). The average Bonchev–Trinajstić information content (AvgIpc) is 3.38. The van der Waals surface area contributed by atoms with Crippen LogP contribution in [0.5, 0.6) is 11.5 Å². The zero-order valence-corrected chi connectivity index (χ0v) is 37.7. The maximum absolute atomic E-state index is 7.16. The largest absolute Gasteiger partial charge is 0.453 e. The molecule has 0 aromatic heterocycles. The van der Waals surface area contributed by atoms with Crippen LogP contribution in [0.3, 0.4) is 0 Å². The van der Waals surface area contributed by atoms with Crippen LogP contribution in [0.4, 0.5) is 28.4 Å². The highest BCUT2D eigenvalue weighted by Crippen LogP contribution is 2.58. The Hall–Kier alpha value is -5.22. The van der Waals surface area contributed by atoms with Crippen LogP contribution in [0.15, 0.2) is 103 Å². The minimum absolute atomic E-state index is 0.0241. The van der Waals surface area contributed by atoms with Gasteiger partial charge in [-0.1, -0.05) is 152 Å². The molecule has 0 fully saturated rings. The Balaban J connectivity index is 1.36. The van der Waals surface area contributed by atoms with Gasteiger partial charge in [-0.05, 0) is 131 Å². The van der Waals surface area contributed by atoms with Crippen LogP contribution < -0.4 is 25.4 Å². The molecule has 6 aromatic rings. The molecule has 4 heteroatoms. The van der Waals surface area contributed by atoms with Crippen LogP contribution in [-0.4, -0.2) is 6.85 Å². The minimum atomic E-state index is -0.150. The van der Waals surface area contributed by atoms with Crippen LogP contribution in [0.1, 0.15) is 130 Å². The van der Waals surface area contributed by atoms with Crippen molar-refractivity contribution in [3.63, 3.8) is 0 Å². The van der Waals surface area contributed by atoms with Crippen molar-refractivity contribution in [2.75, 3.05) is 9.71 Å². The molecule has 0 saturated carbocycles. The summed E-state index contributed by atoms with van der Waals surface area (Å²) in [6.07, 6.45) is 0. The van der Waals surface area contributed by atoms with Gasteiger partial charge in [0.2, 0.25) is 0 Å². The smallest absolute Gasteiger partial charge is 0.333 e. The number of anilines is 5. The van der Waals surface area contributed by atoms with Gasteiger partial charge in [0.1, 0.15) is 5.75 Å². The molecule has 3 heterocycles. The fourth-order valence-corrected chi connectivity index (χ4v) is 10.2. The molecule has 0 bridgehead atoms. The Morgan fingerprint density at radius 1 is 0.475 bits per heavy atom. The van der Waals surface area contributed by atoms with E-state index in [0.29, 0.717) is 0 Å². The number of benzene rings is 6. The van der Waals surface area contributed by atoms with E-state index in [2.05, 4.69) is 210 Å². The second kappa shape index (κ2) is 12.0. The van der Waals surface area contributed by atoms with Crippen molar-refractivity contribution in [1.82, 2.24) is 0 Å². The van der Waals surface area contributed by atoms with E-state index in [0.717, 1.165) is 17.2 Å². The van der Waals surface area contributed by atoms with Gasteiger partial charge < -0.3 is 14.4 Å². The van der Waals surface area contributed by atoms with E-state index in [1.165, 1.54) is 89.3 Å². The minimum Gasteiger partial charge on any atom is -0.453 e. The van der Waals surface area contributed by atoms with Gasteiger partial charge in [-0.3, -0.25) is 0 Å². The molecule has 0 unspecified atom stereocenters. The summed E-state index contributed by atoms with van der Waals surface area (Å²) in [5.41, 5.74) is 21.6. The second-order valence-electron chi connectivity index (χ2n) is 22.4. The third kappa shape index (κ3) is 5.54. The molecule has 4 aliphatic rings. The van der Waals surface area contributed by atoms with Crippen molar-refractivity contribution < 1.29 is 4.74 Å². The van der Waals surface area contributed by atoms with Crippen molar-refractivity contribution in [3.05, 3.63) is 137 Å². The zero-order valence-electron chi connectivity index (χ0n) is 37.7. The van der Waals surface area contributed by atoms with Crippen LogP contribution in [0.25, 0.3) is 22.3 Å². The fraction of sp³-hybridized carbons (Fsp3) is 0.345. The highest BCUT2D eigenvalue weighted by molar-refractivity contribution is 6.93. The summed E-state index contributed by atoms with van der Waals surface area (Å²) in [4.78, 5) is 5.26. The predicted octanol–water partition coefficient (Wildman–Crippen LogP) is 14.0. The number of rotatable bonds is 1. The lowest BCUT2D eigenvalue weighted by Gasteiger charge is -2.49. The van der Waals surface area contributed by atoms with E-state index in [4.69, 9.17) is 4.74 Å². The van der Waals surface area contributed by atoms with Crippen molar-refractivity contribution >= 4 is 46.2 Å². The normalized spacial score (nSPS) is 15.8. The molecule has 0 radical (unpaired) electrons. The average molecular weight is 775 g/mol. The molecule has 0 saturated heterocycles. The Kier molecular flexibility index (Phi) is 7.71. The van der Waals surface area contributed by atoms with Crippen LogP contribution in [0.2, 0.25) is 0 Å². The lowest BCUT2D eigenvalue weighted by Crippen LogP contribution is -2.62. The van der Waals surface area contributed by atoms with Gasteiger partial charge in [-0.25, -0.2) is 0 Å². The highest BCUT2D eigenvalue weighted by atomic mass is 16.5. The van der Waals surface area contributed by atoms with Crippen LogP contribution in [0, 0.1) is 0 Å². The van der Waals surface area contributed by atoms with Gasteiger partial charge in [0.25, 0.3) is 0 Å². The second-order valence-corrected chi connectivity index (χ2v) is 22.4. The molecular weight excluding hydrogens is 715 g/mol. The van der Waals surface area contributed by atoms with Gasteiger partial charge in [-0.2, -0.15) is 0 Å². The van der Waals surface area contributed by atoms with Crippen molar-refractivity contribution in [2.24, 2.45) is 0 Å². The van der Waals surface area contributed by atoms with Crippen LogP contribution in [-0.2, 0) is 27.1 Å². The highest BCUT2D eigenvalue weighted by Gasteiger charge is 2.50. The number of nitrogens with zero attached hydrogens (tertiary/aromatic N) is 2. The summed E-state index contributed by atoms with van der Waals surface area (Å²) in [5, 5.41) is 0. The molecule has 59 heavy (non-hydrogen) atoms. The monoisotopic (exact) mass is 774 g/mol. The van der Waals surface area contributed by atoms with E-state index in [-0.39, 0.29) is 33.9 Å². The Morgan fingerprint density at radius 2 is 1.07 bits per heavy atom. The van der Waals surface area contributed by atoms with Crippen LogP contribution >= 0.6 is 0 Å². The van der Waals surface area contributed by atoms with Gasteiger partial charge in [-0.15, -0.1) is 0 Å². The Bertz CT molecular complexity index is 2760. The summed E-state index contributed by atoms with van der Waals surface area (Å²) in [7, 11) is 0. The molecule has 6 aromatic carbocycles. The maximum Gasteiger partial charge on any atom is 0.333 e. The first-order valence-corrected chi connectivity index (χ1v) is 21.7. The van der Waals surface area contributed by atoms with Gasteiger partial charge >= 0.3 is 6.85 Å².